The molecule has 0 saturated heterocycles. The van der Waals surface area contributed by atoms with E-state index in [0.29, 0.717) is 30.5 Å². The van der Waals surface area contributed by atoms with Crippen molar-refractivity contribution in [3.63, 3.8) is 0 Å². The number of benzene rings is 1. The molecule has 2 aromatic rings. The van der Waals surface area contributed by atoms with Crippen molar-refractivity contribution >= 4 is 12.2 Å². The number of aromatic nitrogens is 2. The van der Waals surface area contributed by atoms with Crippen LogP contribution in [0.15, 0.2) is 43.0 Å². The first-order valence-corrected chi connectivity index (χ1v) is 6.04. The highest BCUT2D eigenvalue weighted by Gasteiger charge is 2.10. The molecule has 0 fully saturated rings. The second-order valence-electron chi connectivity index (χ2n) is 4.28. The van der Waals surface area contributed by atoms with E-state index in [4.69, 9.17) is 0 Å². The van der Waals surface area contributed by atoms with Gasteiger partial charge in [-0.1, -0.05) is 18.2 Å². The van der Waals surface area contributed by atoms with Crippen LogP contribution in [0.1, 0.15) is 20.7 Å². The van der Waals surface area contributed by atoms with Crippen LogP contribution in [-0.2, 0) is 13.6 Å². The van der Waals surface area contributed by atoms with Gasteiger partial charge in [0.15, 0.2) is 6.29 Å². The van der Waals surface area contributed by atoms with E-state index in [1.54, 1.807) is 24.3 Å². The minimum absolute atomic E-state index is 0.223. The maximum atomic E-state index is 11.9. The number of aryl methyl sites for hydroxylation is 1. The van der Waals surface area contributed by atoms with E-state index in [1.165, 1.54) is 0 Å². The first-order valence-electron chi connectivity index (χ1n) is 6.04. The van der Waals surface area contributed by atoms with Gasteiger partial charge in [0.25, 0.3) is 5.91 Å². The quantitative estimate of drug-likeness (QED) is 0.629. The zero-order valence-electron chi connectivity index (χ0n) is 10.7. The second-order valence-corrected chi connectivity index (χ2v) is 4.28. The SMILES string of the molecule is C[n+]1ccn(CCNC(=O)c2ccccc2C=O)c1. The summed E-state index contributed by atoms with van der Waals surface area (Å²) in [7, 11) is 1.94. The number of nitrogens with zero attached hydrogens (tertiary/aromatic N) is 2. The molecule has 98 valence electrons. The summed E-state index contributed by atoms with van der Waals surface area (Å²) in [5, 5.41) is 2.80. The summed E-state index contributed by atoms with van der Waals surface area (Å²) in [6.45, 7) is 1.20. The first kappa shape index (κ1) is 13.0. The van der Waals surface area contributed by atoms with Crippen molar-refractivity contribution in [2.45, 2.75) is 6.54 Å². The number of hydrogen-bond donors (Lipinski definition) is 1. The summed E-state index contributed by atoms with van der Waals surface area (Å²) in [5.41, 5.74) is 0.822. The van der Waals surface area contributed by atoms with E-state index in [-0.39, 0.29) is 5.91 Å². The summed E-state index contributed by atoms with van der Waals surface area (Å²) >= 11 is 0. The van der Waals surface area contributed by atoms with Crippen molar-refractivity contribution in [3.8, 4) is 0 Å². The van der Waals surface area contributed by atoms with Gasteiger partial charge in [0.2, 0.25) is 6.33 Å². The highest BCUT2D eigenvalue weighted by atomic mass is 16.1. The van der Waals surface area contributed by atoms with Crippen molar-refractivity contribution in [2.75, 3.05) is 6.54 Å². The molecule has 5 nitrogen and oxygen atoms in total. The average molecular weight is 258 g/mol. The standard InChI is InChI=1S/C14H15N3O2/c1-16-8-9-17(11-16)7-6-15-14(19)13-5-3-2-4-12(13)10-18/h2-5,8-11H,6-7H2,1H3/p+1. The number of hydrogen-bond acceptors (Lipinski definition) is 2. The average Bonchev–Trinajstić information content (AvgIpc) is 2.84. The van der Waals surface area contributed by atoms with Gasteiger partial charge in [0.05, 0.1) is 13.6 Å². The Kier molecular flexibility index (Phi) is 4.07. The molecule has 0 aliphatic rings. The Morgan fingerprint density at radius 1 is 1.42 bits per heavy atom. The van der Waals surface area contributed by atoms with Crippen LogP contribution in [-0.4, -0.2) is 23.3 Å². The van der Waals surface area contributed by atoms with Gasteiger partial charge < -0.3 is 5.32 Å². The smallest absolute Gasteiger partial charge is 0.252 e. The number of carbonyl (C=O) groups is 2. The van der Waals surface area contributed by atoms with Gasteiger partial charge >= 0.3 is 0 Å². The van der Waals surface area contributed by atoms with Crippen LogP contribution in [0.2, 0.25) is 0 Å². The van der Waals surface area contributed by atoms with Crippen LogP contribution in [0, 0.1) is 0 Å². The molecule has 2 rings (SSSR count). The highest BCUT2D eigenvalue weighted by Crippen LogP contribution is 2.05. The van der Waals surface area contributed by atoms with Crippen molar-refractivity contribution in [3.05, 3.63) is 54.1 Å². The fourth-order valence-corrected chi connectivity index (χ4v) is 1.83. The monoisotopic (exact) mass is 258 g/mol. The van der Waals surface area contributed by atoms with E-state index in [2.05, 4.69) is 5.32 Å². The normalized spacial score (nSPS) is 10.2. The third-order valence-corrected chi connectivity index (χ3v) is 2.81. The summed E-state index contributed by atoms with van der Waals surface area (Å²) in [6, 6.07) is 6.76. The maximum Gasteiger partial charge on any atom is 0.252 e. The Morgan fingerprint density at radius 3 is 2.89 bits per heavy atom. The number of aldehydes is 1. The molecular weight excluding hydrogens is 242 g/mol. The molecule has 0 aliphatic carbocycles. The van der Waals surface area contributed by atoms with Gasteiger partial charge in [-0.25, -0.2) is 9.13 Å². The Hall–Kier alpha value is -2.43. The van der Waals surface area contributed by atoms with Crippen LogP contribution in [0.25, 0.3) is 0 Å². The summed E-state index contributed by atoms with van der Waals surface area (Å²) in [4.78, 5) is 22.8. The third kappa shape index (κ3) is 3.28. The lowest BCUT2D eigenvalue weighted by molar-refractivity contribution is -0.671. The fraction of sp³-hybridized carbons (Fsp3) is 0.214. The molecule has 19 heavy (non-hydrogen) atoms. The molecule has 0 aliphatic heterocycles. The van der Waals surface area contributed by atoms with E-state index >= 15 is 0 Å². The number of carbonyl (C=O) groups excluding carboxylic acids is 2. The minimum atomic E-state index is -0.223. The molecule has 1 N–H and O–H groups in total. The number of rotatable bonds is 5. The largest absolute Gasteiger partial charge is 0.348 e. The molecule has 0 bridgehead atoms. The maximum absolute atomic E-state index is 11.9. The predicted octanol–water partition coefficient (Wildman–Crippen LogP) is 0.555. The summed E-state index contributed by atoms with van der Waals surface area (Å²) < 4.78 is 3.91. The van der Waals surface area contributed by atoms with Gasteiger partial charge in [-0.05, 0) is 6.07 Å². The van der Waals surface area contributed by atoms with Crippen molar-refractivity contribution in [2.24, 2.45) is 7.05 Å². The van der Waals surface area contributed by atoms with Crippen LogP contribution >= 0.6 is 0 Å². The van der Waals surface area contributed by atoms with Crippen molar-refractivity contribution in [1.29, 1.82) is 0 Å². The Labute approximate surface area is 111 Å². The zero-order valence-corrected chi connectivity index (χ0v) is 10.7. The summed E-state index contributed by atoms with van der Waals surface area (Å²) in [6.07, 6.45) is 6.50. The van der Waals surface area contributed by atoms with Crippen LogP contribution < -0.4 is 9.88 Å². The molecule has 0 atom stereocenters. The van der Waals surface area contributed by atoms with E-state index in [1.807, 2.05) is 34.9 Å². The van der Waals surface area contributed by atoms with Crippen molar-refractivity contribution in [1.82, 2.24) is 9.88 Å². The fourth-order valence-electron chi connectivity index (χ4n) is 1.83. The molecule has 5 heteroatoms. The Balaban J connectivity index is 1.92. The molecule has 1 amide bonds. The topological polar surface area (TPSA) is 55.0 Å². The molecule has 0 saturated carbocycles. The summed E-state index contributed by atoms with van der Waals surface area (Å²) in [5.74, 6) is -0.223. The molecular formula is C14H16N3O2+. The van der Waals surface area contributed by atoms with E-state index in [0.717, 1.165) is 0 Å². The van der Waals surface area contributed by atoms with E-state index in [9.17, 15) is 9.59 Å². The third-order valence-electron chi connectivity index (χ3n) is 2.81. The van der Waals surface area contributed by atoms with Gasteiger partial charge in [-0.15, -0.1) is 0 Å². The van der Waals surface area contributed by atoms with Crippen molar-refractivity contribution < 1.29 is 14.2 Å². The zero-order chi connectivity index (χ0) is 13.7. The molecule has 0 unspecified atom stereocenters. The number of imidazole rings is 1. The Bertz CT molecular complexity index is 590. The Morgan fingerprint density at radius 2 is 2.21 bits per heavy atom. The molecule has 0 spiro atoms. The molecule has 0 radical (unpaired) electrons. The molecule has 1 aromatic heterocycles. The van der Waals surface area contributed by atoms with Gasteiger partial charge in [-0.2, -0.15) is 0 Å². The van der Waals surface area contributed by atoms with Gasteiger partial charge in [0.1, 0.15) is 18.9 Å². The van der Waals surface area contributed by atoms with Crippen LogP contribution in [0.5, 0.6) is 0 Å². The highest BCUT2D eigenvalue weighted by molar-refractivity contribution is 6.01. The lowest BCUT2D eigenvalue weighted by Crippen LogP contribution is -2.29. The number of amides is 1. The van der Waals surface area contributed by atoms with E-state index < -0.39 is 0 Å². The lowest BCUT2D eigenvalue weighted by Gasteiger charge is -2.05. The molecule has 1 aromatic carbocycles. The molecule has 1 heterocycles. The van der Waals surface area contributed by atoms with Crippen LogP contribution in [0.3, 0.4) is 0 Å². The van der Waals surface area contributed by atoms with Crippen LogP contribution in [0.4, 0.5) is 0 Å². The minimum Gasteiger partial charge on any atom is -0.348 e. The lowest BCUT2D eigenvalue weighted by atomic mass is 10.1. The second kappa shape index (κ2) is 5.95. The predicted molar refractivity (Wildman–Crippen MR) is 69.8 cm³/mol. The number of nitrogens with one attached hydrogen (secondary N) is 1. The first-order chi connectivity index (χ1) is 9.20. The van der Waals surface area contributed by atoms with Gasteiger partial charge in [0, 0.05) is 11.1 Å². The van der Waals surface area contributed by atoms with Gasteiger partial charge in [-0.3, -0.25) is 9.59 Å².